The molecule has 1 amide bonds. The van der Waals surface area contributed by atoms with Gasteiger partial charge >= 0.3 is 0 Å². The molecule has 1 aliphatic heterocycles. The highest BCUT2D eigenvalue weighted by Crippen LogP contribution is 2.17. The molecule has 0 aromatic rings. The molecule has 3 nitrogen and oxygen atoms in total. The molecule has 2 N–H and O–H groups in total. The molecule has 84 valence electrons. The topological polar surface area (TPSA) is 41.1 Å². The van der Waals surface area contributed by atoms with Gasteiger partial charge in [0.1, 0.15) is 0 Å². The molecule has 1 aliphatic rings. The average Bonchev–Trinajstić information content (AvgIpc) is 2.28. The second-order valence-corrected chi connectivity index (χ2v) is 3.94. The predicted octanol–water partition coefficient (Wildman–Crippen LogP) is 0.906. The Morgan fingerprint density at radius 2 is 2.20 bits per heavy atom. The number of amides is 1. The zero-order valence-electron chi connectivity index (χ0n) is 9.44. The maximum absolute atomic E-state index is 11.4. The standard InChI is InChI=1S/C12H20N2O/c1-2-3-8-14-12(15)5-4-11-6-9-13-10-7-11/h11,13H,4-10H2,1H3,(H,14,15). The summed E-state index contributed by atoms with van der Waals surface area (Å²) < 4.78 is 0. The highest BCUT2D eigenvalue weighted by molar-refractivity contribution is 5.76. The number of hydrogen-bond donors (Lipinski definition) is 2. The van der Waals surface area contributed by atoms with Gasteiger partial charge in [-0.05, 0) is 45.2 Å². The summed E-state index contributed by atoms with van der Waals surface area (Å²) in [6, 6.07) is 0. The third kappa shape index (κ3) is 5.44. The fraction of sp³-hybridized carbons (Fsp3) is 0.750. The Morgan fingerprint density at radius 1 is 1.47 bits per heavy atom. The van der Waals surface area contributed by atoms with E-state index in [1.165, 1.54) is 12.8 Å². The van der Waals surface area contributed by atoms with Crippen LogP contribution >= 0.6 is 0 Å². The Bertz CT molecular complexity index is 246. The third-order valence-electron chi connectivity index (χ3n) is 2.79. The van der Waals surface area contributed by atoms with Crippen LogP contribution in [0, 0.1) is 17.8 Å². The van der Waals surface area contributed by atoms with E-state index >= 15 is 0 Å². The van der Waals surface area contributed by atoms with Crippen molar-refractivity contribution in [3.05, 3.63) is 0 Å². The van der Waals surface area contributed by atoms with Crippen molar-refractivity contribution >= 4 is 5.91 Å². The fourth-order valence-corrected chi connectivity index (χ4v) is 1.83. The van der Waals surface area contributed by atoms with Crippen molar-refractivity contribution in [3.63, 3.8) is 0 Å². The van der Waals surface area contributed by atoms with Gasteiger partial charge in [0.2, 0.25) is 5.91 Å². The molecule has 0 aromatic heterocycles. The minimum absolute atomic E-state index is 0.135. The molecule has 1 saturated heterocycles. The molecule has 0 radical (unpaired) electrons. The maximum atomic E-state index is 11.4. The molecule has 1 rings (SSSR count). The first kappa shape index (κ1) is 12.1. The zero-order valence-corrected chi connectivity index (χ0v) is 9.44. The molecule has 1 heterocycles. The lowest BCUT2D eigenvalue weighted by Gasteiger charge is -2.21. The summed E-state index contributed by atoms with van der Waals surface area (Å²) >= 11 is 0. The molecule has 0 spiro atoms. The molecule has 0 atom stereocenters. The zero-order chi connectivity index (χ0) is 10.9. The lowest BCUT2D eigenvalue weighted by molar-refractivity contribution is -0.121. The van der Waals surface area contributed by atoms with Crippen molar-refractivity contribution in [2.45, 2.75) is 32.6 Å². The monoisotopic (exact) mass is 208 g/mol. The van der Waals surface area contributed by atoms with Gasteiger partial charge in [0.05, 0.1) is 6.54 Å². The Balaban J connectivity index is 2.06. The van der Waals surface area contributed by atoms with Gasteiger partial charge in [0, 0.05) is 6.42 Å². The van der Waals surface area contributed by atoms with E-state index < -0.39 is 0 Å². The smallest absolute Gasteiger partial charge is 0.220 e. The lowest BCUT2D eigenvalue weighted by atomic mass is 9.93. The van der Waals surface area contributed by atoms with Crippen LogP contribution in [0.4, 0.5) is 0 Å². The second kappa shape index (κ2) is 7.30. The fourth-order valence-electron chi connectivity index (χ4n) is 1.83. The van der Waals surface area contributed by atoms with Crippen molar-refractivity contribution < 1.29 is 4.79 Å². The van der Waals surface area contributed by atoms with Crippen LogP contribution in [0.25, 0.3) is 0 Å². The van der Waals surface area contributed by atoms with Crippen LogP contribution in [0.5, 0.6) is 0 Å². The first-order valence-electron chi connectivity index (χ1n) is 5.70. The van der Waals surface area contributed by atoms with Gasteiger partial charge in [0.15, 0.2) is 0 Å². The summed E-state index contributed by atoms with van der Waals surface area (Å²) in [7, 11) is 0. The van der Waals surface area contributed by atoms with Crippen LogP contribution in [0.3, 0.4) is 0 Å². The van der Waals surface area contributed by atoms with E-state index in [9.17, 15) is 4.79 Å². The van der Waals surface area contributed by atoms with Crippen molar-refractivity contribution in [1.29, 1.82) is 0 Å². The molecule has 15 heavy (non-hydrogen) atoms. The van der Waals surface area contributed by atoms with Crippen molar-refractivity contribution in [1.82, 2.24) is 10.6 Å². The first-order valence-corrected chi connectivity index (χ1v) is 5.70. The van der Waals surface area contributed by atoms with Gasteiger partial charge in [0.25, 0.3) is 0 Å². The van der Waals surface area contributed by atoms with Crippen LogP contribution in [-0.2, 0) is 4.79 Å². The lowest BCUT2D eigenvalue weighted by Crippen LogP contribution is -2.29. The van der Waals surface area contributed by atoms with E-state index in [1.54, 1.807) is 6.92 Å². The molecule has 0 bridgehead atoms. The number of piperidine rings is 1. The first-order chi connectivity index (χ1) is 7.33. The summed E-state index contributed by atoms with van der Waals surface area (Å²) in [5.41, 5.74) is 0. The van der Waals surface area contributed by atoms with Crippen LogP contribution in [-0.4, -0.2) is 25.5 Å². The molecular weight excluding hydrogens is 188 g/mol. The van der Waals surface area contributed by atoms with Gasteiger partial charge < -0.3 is 10.6 Å². The van der Waals surface area contributed by atoms with Crippen molar-refractivity contribution in [2.24, 2.45) is 5.92 Å². The number of hydrogen-bond acceptors (Lipinski definition) is 2. The van der Waals surface area contributed by atoms with Gasteiger partial charge in [-0.15, -0.1) is 5.92 Å². The molecule has 0 saturated carbocycles. The van der Waals surface area contributed by atoms with E-state index in [0.29, 0.717) is 13.0 Å². The Labute approximate surface area is 92.0 Å². The van der Waals surface area contributed by atoms with Crippen molar-refractivity contribution in [3.8, 4) is 11.8 Å². The number of rotatable bonds is 4. The van der Waals surface area contributed by atoms with E-state index in [2.05, 4.69) is 22.5 Å². The summed E-state index contributed by atoms with van der Waals surface area (Å²) in [6.45, 7) is 4.48. The van der Waals surface area contributed by atoms with E-state index in [1.807, 2.05) is 0 Å². The Morgan fingerprint density at radius 3 is 2.87 bits per heavy atom. The van der Waals surface area contributed by atoms with Crippen LogP contribution in [0.15, 0.2) is 0 Å². The minimum Gasteiger partial charge on any atom is -0.345 e. The highest BCUT2D eigenvalue weighted by atomic mass is 16.1. The van der Waals surface area contributed by atoms with E-state index in [-0.39, 0.29) is 5.91 Å². The van der Waals surface area contributed by atoms with E-state index in [4.69, 9.17) is 0 Å². The van der Waals surface area contributed by atoms with Gasteiger partial charge in [-0.2, -0.15) is 0 Å². The Kier molecular flexibility index (Phi) is 5.87. The second-order valence-electron chi connectivity index (χ2n) is 3.94. The van der Waals surface area contributed by atoms with E-state index in [0.717, 1.165) is 25.4 Å². The van der Waals surface area contributed by atoms with Gasteiger partial charge in [-0.3, -0.25) is 4.79 Å². The molecule has 0 aliphatic carbocycles. The van der Waals surface area contributed by atoms with Crippen LogP contribution in [0.1, 0.15) is 32.6 Å². The predicted molar refractivity (Wildman–Crippen MR) is 61.3 cm³/mol. The molecular formula is C12H20N2O. The normalized spacial score (nSPS) is 16.6. The van der Waals surface area contributed by atoms with Crippen LogP contribution < -0.4 is 10.6 Å². The summed E-state index contributed by atoms with van der Waals surface area (Å²) in [4.78, 5) is 11.4. The third-order valence-corrected chi connectivity index (χ3v) is 2.79. The maximum Gasteiger partial charge on any atom is 0.220 e. The highest BCUT2D eigenvalue weighted by Gasteiger charge is 2.13. The SMILES string of the molecule is CC#CCNC(=O)CCC1CCNCC1. The van der Waals surface area contributed by atoms with Crippen LogP contribution in [0.2, 0.25) is 0 Å². The molecule has 0 unspecified atom stereocenters. The number of nitrogens with one attached hydrogen (secondary N) is 2. The summed E-state index contributed by atoms with van der Waals surface area (Å²) in [5, 5.41) is 6.12. The Hall–Kier alpha value is -1.01. The van der Waals surface area contributed by atoms with Gasteiger partial charge in [-0.25, -0.2) is 0 Å². The number of carbonyl (C=O) groups is 1. The van der Waals surface area contributed by atoms with Gasteiger partial charge in [-0.1, -0.05) is 5.92 Å². The largest absolute Gasteiger partial charge is 0.345 e. The molecule has 3 heteroatoms. The number of carbonyl (C=O) groups excluding carboxylic acids is 1. The molecule has 1 fully saturated rings. The quantitative estimate of drug-likeness (QED) is 0.674. The summed E-state index contributed by atoms with van der Waals surface area (Å²) in [6.07, 6.45) is 4.09. The average molecular weight is 208 g/mol. The minimum atomic E-state index is 0.135. The van der Waals surface area contributed by atoms with Crippen molar-refractivity contribution in [2.75, 3.05) is 19.6 Å². The summed E-state index contributed by atoms with van der Waals surface area (Å²) in [5.74, 6) is 6.45. The molecule has 0 aromatic carbocycles.